The van der Waals surface area contributed by atoms with Gasteiger partial charge in [-0.05, 0) is 60.7 Å². The predicted molar refractivity (Wildman–Crippen MR) is 104 cm³/mol. The Hall–Kier alpha value is -2.67. The third-order valence-electron chi connectivity index (χ3n) is 4.05. The SMILES string of the molecule is COc1ccc(NCN2CN(c3ccc(OC)cc3)CNC2=S)cc1. The number of ether oxygens (including phenoxy) is 2. The Labute approximate surface area is 153 Å². The second-order valence-electron chi connectivity index (χ2n) is 5.62. The van der Waals surface area contributed by atoms with Crippen molar-refractivity contribution in [2.45, 2.75) is 0 Å². The molecule has 1 aliphatic heterocycles. The minimum Gasteiger partial charge on any atom is -0.497 e. The Morgan fingerprint density at radius 3 is 2.20 bits per heavy atom. The van der Waals surface area contributed by atoms with Gasteiger partial charge in [-0.15, -0.1) is 0 Å². The van der Waals surface area contributed by atoms with Crippen molar-refractivity contribution in [1.82, 2.24) is 10.2 Å². The van der Waals surface area contributed by atoms with Crippen LogP contribution in [-0.4, -0.2) is 44.2 Å². The van der Waals surface area contributed by atoms with Crippen LogP contribution in [0.3, 0.4) is 0 Å². The van der Waals surface area contributed by atoms with E-state index in [1.54, 1.807) is 14.2 Å². The van der Waals surface area contributed by atoms with Crippen LogP contribution in [0.2, 0.25) is 0 Å². The van der Waals surface area contributed by atoms with E-state index in [9.17, 15) is 0 Å². The van der Waals surface area contributed by atoms with E-state index in [0.29, 0.717) is 20.0 Å². The van der Waals surface area contributed by atoms with E-state index >= 15 is 0 Å². The van der Waals surface area contributed by atoms with Crippen LogP contribution in [0.5, 0.6) is 11.5 Å². The monoisotopic (exact) mass is 358 g/mol. The average Bonchev–Trinajstić information content (AvgIpc) is 2.68. The first kappa shape index (κ1) is 17.2. The van der Waals surface area contributed by atoms with Crippen molar-refractivity contribution in [2.75, 3.05) is 44.4 Å². The number of anilines is 2. The molecule has 0 spiro atoms. The lowest BCUT2D eigenvalue weighted by Crippen LogP contribution is -2.57. The number of rotatable bonds is 6. The summed E-state index contributed by atoms with van der Waals surface area (Å²) in [5, 5.41) is 7.38. The zero-order chi connectivity index (χ0) is 17.6. The molecule has 1 saturated heterocycles. The topological polar surface area (TPSA) is 49.0 Å². The van der Waals surface area contributed by atoms with Crippen LogP contribution in [0.1, 0.15) is 0 Å². The fourth-order valence-corrected chi connectivity index (χ4v) is 2.77. The van der Waals surface area contributed by atoms with Crippen LogP contribution in [-0.2, 0) is 0 Å². The Bertz CT molecular complexity index is 706. The van der Waals surface area contributed by atoms with E-state index in [1.165, 1.54) is 0 Å². The summed E-state index contributed by atoms with van der Waals surface area (Å²) in [4.78, 5) is 4.29. The second-order valence-corrected chi connectivity index (χ2v) is 6.01. The largest absolute Gasteiger partial charge is 0.497 e. The quantitative estimate of drug-likeness (QED) is 0.770. The molecule has 0 radical (unpaired) electrons. The molecule has 132 valence electrons. The molecule has 2 aromatic rings. The molecule has 2 N–H and O–H groups in total. The second kappa shape index (κ2) is 7.94. The number of hydrogen-bond acceptors (Lipinski definition) is 5. The van der Waals surface area contributed by atoms with Crippen molar-refractivity contribution in [1.29, 1.82) is 0 Å². The Balaban J connectivity index is 1.60. The fourth-order valence-electron chi connectivity index (χ4n) is 2.58. The van der Waals surface area contributed by atoms with Crippen molar-refractivity contribution >= 4 is 28.7 Å². The molecule has 1 heterocycles. The maximum atomic E-state index is 5.43. The van der Waals surface area contributed by atoms with Gasteiger partial charge in [0.25, 0.3) is 0 Å². The van der Waals surface area contributed by atoms with E-state index in [-0.39, 0.29) is 0 Å². The summed E-state index contributed by atoms with van der Waals surface area (Å²) in [7, 11) is 3.33. The van der Waals surface area contributed by atoms with Gasteiger partial charge >= 0.3 is 0 Å². The van der Waals surface area contributed by atoms with E-state index in [1.807, 2.05) is 48.5 Å². The molecule has 25 heavy (non-hydrogen) atoms. The fraction of sp³-hybridized carbons (Fsp3) is 0.278. The summed E-state index contributed by atoms with van der Waals surface area (Å²) in [6.45, 7) is 2.01. The normalized spacial score (nSPS) is 14.1. The number of thiocarbonyl (C=S) groups is 1. The molecule has 2 aromatic carbocycles. The minimum atomic E-state index is 0.616. The molecule has 0 atom stereocenters. The molecular formula is C18H22N4O2S. The third-order valence-corrected chi connectivity index (χ3v) is 4.45. The summed E-state index contributed by atoms with van der Waals surface area (Å²) in [6.07, 6.45) is 0. The van der Waals surface area contributed by atoms with Crippen molar-refractivity contribution in [3.8, 4) is 11.5 Å². The Morgan fingerprint density at radius 2 is 1.60 bits per heavy atom. The third kappa shape index (κ3) is 4.24. The number of nitrogens with one attached hydrogen (secondary N) is 2. The first-order valence-electron chi connectivity index (χ1n) is 7.99. The van der Waals surface area contributed by atoms with Crippen molar-refractivity contribution in [2.24, 2.45) is 0 Å². The maximum absolute atomic E-state index is 5.43. The molecular weight excluding hydrogens is 336 g/mol. The van der Waals surface area contributed by atoms with Crippen LogP contribution in [0.25, 0.3) is 0 Å². The molecule has 6 nitrogen and oxygen atoms in total. The van der Waals surface area contributed by atoms with E-state index in [0.717, 1.165) is 28.0 Å². The Kier molecular flexibility index (Phi) is 5.45. The summed E-state index contributed by atoms with van der Waals surface area (Å²) in [6, 6.07) is 15.8. The summed E-state index contributed by atoms with van der Waals surface area (Å²) in [5.74, 6) is 1.69. The predicted octanol–water partition coefficient (Wildman–Crippen LogP) is 2.68. The highest BCUT2D eigenvalue weighted by atomic mass is 32.1. The first-order valence-corrected chi connectivity index (χ1v) is 8.40. The zero-order valence-corrected chi connectivity index (χ0v) is 15.2. The first-order chi connectivity index (χ1) is 12.2. The van der Waals surface area contributed by atoms with Gasteiger partial charge in [0, 0.05) is 11.4 Å². The summed E-state index contributed by atoms with van der Waals surface area (Å²) in [5.41, 5.74) is 2.13. The van der Waals surface area contributed by atoms with Gasteiger partial charge in [-0.25, -0.2) is 0 Å². The molecule has 1 aliphatic rings. The molecule has 3 rings (SSSR count). The van der Waals surface area contributed by atoms with Crippen LogP contribution in [0, 0.1) is 0 Å². The molecule has 0 unspecified atom stereocenters. The number of nitrogens with zero attached hydrogens (tertiary/aromatic N) is 2. The summed E-state index contributed by atoms with van der Waals surface area (Å²) < 4.78 is 10.4. The van der Waals surface area contributed by atoms with Gasteiger partial charge in [0.2, 0.25) is 0 Å². The standard InChI is InChI=1S/C18H22N4O2S/c1-23-16-7-3-14(4-8-16)19-11-22-13-21(12-20-18(22)25)15-5-9-17(24-2)10-6-15/h3-10,19H,11-13H2,1-2H3,(H,20,25). The van der Waals surface area contributed by atoms with Gasteiger partial charge in [-0.1, -0.05) is 0 Å². The van der Waals surface area contributed by atoms with Gasteiger partial charge in [-0.3, -0.25) is 0 Å². The van der Waals surface area contributed by atoms with Gasteiger partial charge < -0.3 is 29.9 Å². The lowest BCUT2D eigenvalue weighted by atomic mass is 10.3. The molecule has 0 aliphatic carbocycles. The maximum Gasteiger partial charge on any atom is 0.173 e. The zero-order valence-electron chi connectivity index (χ0n) is 14.4. The summed E-state index contributed by atoms with van der Waals surface area (Å²) >= 11 is 5.43. The smallest absolute Gasteiger partial charge is 0.173 e. The van der Waals surface area contributed by atoms with Crippen molar-refractivity contribution in [3.63, 3.8) is 0 Å². The van der Waals surface area contributed by atoms with Crippen LogP contribution in [0.15, 0.2) is 48.5 Å². The van der Waals surface area contributed by atoms with Gasteiger partial charge in [-0.2, -0.15) is 0 Å². The van der Waals surface area contributed by atoms with Crippen molar-refractivity contribution in [3.05, 3.63) is 48.5 Å². The van der Waals surface area contributed by atoms with Crippen LogP contribution in [0.4, 0.5) is 11.4 Å². The van der Waals surface area contributed by atoms with Crippen molar-refractivity contribution < 1.29 is 9.47 Å². The van der Waals surface area contributed by atoms with Gasteiger partial charge in [0.15, 0.2) is 5.11 Å². The minimum absolute atomic E-state index is 0.616. The molecule has 1 fully saturated rings. The van der Waals surface area contributed by atoms with E-state index < -0.39 is 0 Å². The van der Waals surface area contributed by atoms with Crippen LogP contribution < -0.4 is 25.0 Å². The van der Waals surface area contributed by atoms with Gasteiger partial charge in [0.05, 0.1) is 34.2 Å². The molecule has 0 aromatic heterocycles. The molecule has 7 heteroatoms. The van der Waals surface area contributed by atoms with E-state index in [2.05, 4.69) is 20.4 Å². The molecule has 0 amide bonds. The molecule has 0 bridgehead atoms. The lowest BCUT2D eigenvalue weighted by Gasteiger charge is -2.39. The highest BCUT2D eigenvalue weighted by Gasteiger charge is 2.20. The number of methoxy groups -OCH3 is 2. The van der Waals surface area contributed by atoms with Crippen LogP contribution >= 0.6 is 12.2 Å². The number of hydrogen-bond donors (Lipinski definition) is 2. The highest BCUT2D eigenvalue weighted by Crippen LogP contribution is 2.21. The Morgan fingerprint density at radius 1 is 1.00 bits per heavy atom. The number of benzene rings is 2. The van der Waals surface area contributed by atoms with Gasteiger partial charge in [0.1, 0.15) is 11.5 Å². The molecule has 0 saturated carbocycles. The highest BCUT2D eigenvalue weighted by molar-refractivity contribution is 7.80. The van der Waals surface area contributed by atoms with E-state index in [4.69, 9.17) is 21.7 Å². The lowest BCUT2D eigenvalue weighted by molar-refractivity contribution is 0.397. The average molecular weight is 358 g/mol.